The van der Waals surface area contributed by atoms with Gasteiger partial charge in [-0.2, -0.15) is 70.2 Å². The predicted octanol–water partition coefficient (Wildman–Crippen LogP) is 6.91. The smallest absolute Gasteiger partial charge is 0.332 e. The average Bonchev–Trinajstić information content (AvgIpc) is 2.58. The van der Waals surface area contributed by atoms with Gasteiger partial charge in [0.1, 0.15) is 0 Å². The summed E-state index contributed by atoms with van der Waals surface area (Å²) in [6, 6.07) is -3.06. The highest BCUT2D eigenvalue weighted by molar-refractivity contribution is 6.22. The molecule has 19 heteroatoms. The number of amides is 1. The fourth-order valence-electron chi connectivity index (χ4n) is 2.53. The number of hydrogen-bond acceptors (Lipinski definition) is 1. The summed E-state index contributed by atoms with van der Waals surface area (Å²) in [5.41, 5.74) is 0. The Bertz CT molecular complexity index is 750. The van der Waals surface area contributed by atoms with Crippen LogP contribution in [-0.2, 0) is 4.79 Å². The monoisotopic (exact) mass is 563 g/mol. The molecular formula is C15H14ClF16NO. The van der Waals surface area contributed by atoms with E-state index in [1.165, 1.54) is 0 Å². The van der Waals surface area contributed by atoms with Crippen LogP contribution < -0.4 is 0 Å². The molecule has 0 aliphatic heterocycles. The van der Waals surface area contributed by atoms with Crippen LogP contribution in [0.1, 0.15) is 27.7 Å². The van der Waals surface area contributed by atoms with E-state index in [1.54, 1.807) is 0 Å². The summed E-state index contributed by atoms with van der Waals surface area (Å²) in [7, 11) is 0. The summed E-state index contributed by atoms with van der Waals surface area (Å²) >= 11 is 3.43. The minimum absolute atomic E-state index is 0.295. The van der Waals surface area contributed by atoms with Gasteiger partial charge in [-0.1, -0.05) is 0 Å². The van der Waals surface area contributed by atoms with Crippen molar-refractivity contribution in [1.29, 1.82) is 0 Å². The van der Waals surface area contributed by atoms with Gasteiger partial charge in [0.2, 0.25) is 0 Å². The van der Waals surface area contributed by atoms with Crippen molar-refractivity contribution >= 4 is 17.5 Å². The fourth-order valence-corrected chi connectivity index (χ4v) is 2.64. The molecule has 1 amide bonds. The van der Waals surface area contributed by atoms with Crippen LogP contribution in [0.15, 0.2) is 0 Å². The average molecular weight is 564 g/mol. The van der Waals surface area contributed by atoms with Crippen LogP contribution in [0, 0.1) is 0 Å². The lowest BCUT2D eigenvalue weighted by molar-refractivity contribution is -0.446. The molecule has 0 aliphatic rings. The summed E-state index contributed by atoms with van der Waals surface area (Å²) in [6.07, 6.45) is 0. The minimum atomic E-state index is -8.59. The van der Waals surface area contributed by atoms with E-state index < -0.39 is 64.8 Å². The van der Waals surface area contributed by atoms with Gasteiger partial charge in [-0.25, -0.2) is 0 Å². The highest BCUT2D eigenvalue weighted by Crippen LogP contribution is 2.64. The Morgan fingerprint density at radius 3 is 1.00 bits per heavy atom. The molecule has 0 aromatic heterocycles. The molecule has 0 bridgehead atoms. The van der Waals surface area contributed by atoms with Gasteiger partial charge in [0.05, 0.1) is 0 Å². The zero-order valence-corrected chi connectivity index (χ0v) is 17.7. The second-order valence-corrected chi connectivity index (χ2v) is 7.89. The van der Waals surface area contributed by atoms with Crippen molar-refractivity contribution in [3.8, 4) is 0 Å². The van der Waals surface area contributed by atoms with Gasteiger partial charge in [-0.15, -0.1) is 0 Å². The Hall–Kier alpha value is -1.36. The van der Waals surface area contributed by atoms with E-state index in [0.29, 0.717) is 0 Å². The molecule has 0 spiro atoms. The van der Waals surface area contributed by atoms with E-state index in [-0.39, 0.29) is 4.90 Å². The number of rotatable bonds is 10. The van der Waals surface area contributed by atoms with Crippen LogP contribution in [0.3, 0.4) is 0 Å². The van der Waals surface area contributed by atoms with E-state index in [1.807, 2.05) is 0 Å². The van der Waals surface area contributed by atoms with E-state index in [0.717, 1.165) is 27.7 Å². The van der Waals surface area contributed by atoms with Gasteiger partial charge in [0.15, 0.2) is 0 Å². The summed E-state index contributed by atoms with van der Waals surface area (Å²) < 4.78 is 215. The molecule has 0 atom stereocenters. The zero-order chi connectivity index (χ0) is 28.3. The maximum atomic E-state index is 14.0. The van der Waals surface area contributed by atoms with Crippen LogP contribution in [0.5, 0.6) is 0 Å². The van der Waals surface area contributed by atoms with E-state index in [4.69, 9.17) is 0 Å². The molecule has 34 heavy (non-hydrogen) atoms. The molecule has 2 nitrogen and oxygen atoms in total. The van der Waals surface area contributed by atoms with Crippen LogP contribution in [0.4, 0.5) is 70.2 Å². The molecule has 0 fully saturated rings. The molecule has 0 radical (unpaired) electrons. The summed E-state index contributed by atoms with van der Waals surface area (Å²) in [4.78, 5) is 11.5. The fraction of sp³-hybridized carbons (Fsp3) is 0.933. The van der Waals surface area contributed by atoms with Crippen molar-refractivity contribution in [1.82, 2.24) is 4.90 Å². The van der Waals surface area contributed by atoms with Crippen molar-refractivity contribution in [2.24, 2.45) is 0 Å². The molecule has 204 valence electrons. The molecule has 0 saturated heterocycles. The van der Waals surface area contributed by atoms with Crippen molar-refractivity contribution in [2.75, 3.05) is 0 Å². The lowest BCUT2D eigenvalue weighted by Gasteiger charge is -2.43. The number of alkyl halides is 17. The van der Waals surface area contributed by atoms with Crippen molar-refractivity contribution in [3.05, 3.63) is 0 Å². The van der Waals surface area contributed by atoms with Gasteiger partial charge >= 0.3 is 46.8 Å². The van der Waals surface area contributed by atoms with E-state index >= 15 is 0 Å². The molecule has 0 saturated carbocycles. The van der Waals surface area contributed by atoms with Gasteiger partial charge < -0.3 is 4.90 Å². The molecule has 0 unspecified atom stereocenters. The van der Waals surface area contributed by atoms with Gasteiger partial charge in [0.25, 0.3) is 5.91 Å². The molecule has 0 aliphatic carbocycles. The third-order valence-corrected chi connectivity index (χ3v) is 4.58. The highest BCUT2D eigenvalue weighted by atomic mass is 35.5. The quantitative estimate of drug-likeness (QED) is 0.209. The first-order chi connectivity index (χ1) is 14.4. The third kappa shape index (κ3) is 4.24. The Morgan fingerprint density at radius 1 is 0.529 bits per heavy atom. The predicted molar refractivity (Wildman–Crippen MR) is 82.5 cm³/mol. The molecular weight excluding hydrogens is 550 g/mol. The Kier molecular flexibility index (Phi) is 8.29. The van der Waals surface area contributed by atoms with Crippen molar-refractivity contribution < 1.29 is 75.0 Å². The standard InChI is InChI=1S/C15H14ClF16NO/c1-5(2)33(6(3)4)7(34)8(17,18)9(19,20)10(21,22)11(23,24)12(25,26)13(27,28)14(29,30)15(16,31)32/h5-6H,1-4H3. The van der Waals surface area contributed by atoms with Crippen molar-refractivity contribution in [2.45, 2.75) is 86.6 Å². The number of nitrogens with zero attached hydrogens (tertiary/aromatic N) is 1. The first-order valence-corrected chi connectivity index (χ1v) is 8.84. The molecule has 0 N–H and O–H groups in total. The largest absolute Gasteiger partial charge is 0.393 e. The number of carbonyl (C=O) groups is 1. The summed E-state index contributed by atoms with van der Waals surface area (Å²) in [5.74, 6) is -60.0. The highest BCUT2D eigenvalue weighted by Gasteiger charge is 2.95. The van der Waals surface area contributed by atoms with Gasteiger partial charge in [0, 0.05) is 12.1 Å². The SMILES string of the molecule is CC(C)N(C(=O)C(F)(F)C(F)(F)C(F)(F)C(F)(F)C(F)(F)C(F)(F)C(F)(F)C(F)(F)Cl)C(C)C. The van der Waals surface area contributed by atoms with Crippen LogP contribution in [0.25, 0.3) is 0 Å². The Labute approximate surface area is 185 Å². The molecule has 0 heterocycles. The van der Waals surface area contributed by atoms with Gasteiger partial charge in [-0.3, -0.25) is 4.79 Å². The molecule has 0 aromatic rings. The molecule has 0 aromatic carbocycles. The second-order valence-electron chi connectivity index (χ2n) is 7.42. The normalized spacial score (nSPS) is 15.9. The number of carbonyl (C=O) groups excluding carboxylic acids is 1. The topological polar surface area (TPSA) is 20.3 Å². The third-order valence-electron chi connectivity index (χ3n) is 4.34. The van der Waals surface area contributed by atoms with Crippen LogP contribution >= 0.6 is 11.6 Å². The Balaban J connectivity index is 6.92. The minimum Gasteiger partial charge on any atom is -0.332 e. The van der Waals surface area contributed by atoms with Crippen molar-refractivity contribution in [3.63, 3.8) is 0 Å². The van der Waals surface area contributed by atoms with E-state index in [9.17, 15) is 75.0 Å². The summed E-state index contributed by atoms with van der Waals surface area (Å²) in [6.45, 7) is 3.34. The maximum Gasteiger partial charge on any atom is 0.393 e. The van der Waals surface area contributed by atoms with Crippen LogP contribution in [-0.4, -0.2) is 69.7 Å². The lowest BCUT2D eigenvalue weighted by Crippen LogP contribution is -2.75. The maximum absolute atomic E-state index is 14.0. The Morgan fingerprint density at radius 2 is 0.765 bits per heavy atom. The second kappa shape index (κ2) is 8.64. The number of halogens is 17. The van der Waals surface area contributed by atoms with Gasteiger partial charge in [-0.05, 0) is 39.3 Å². The first-order valence-electron chi connectivity index (χ1n) is 8.47. The van der Waals surface area contributed by atoms with Crippen LogP contribution in [0.2, 0.25) is 0 Å². The number of hydrogen-bond donors (Lipinski definition) is 0. The zero-order valence-electron chi connectivity index (χ0n) is 16.9. The summed E-state index contributed by atoms with van der Waals surface area (Å²) in [5, 5.41) is -6.84. The first kappa shape index (κ1) is 32.6. The van der Waals surface area contributed by atoms with E-state index in [2.05, 4.69) is 11.6 Å². The lowest BCUT2D eigenvalue weighted by atomic mass is 9.88. The molecule has 0 rings (SSSR count).